The lowest BCUT2D eigenvalue weighted by atomic mass is 9.93. The first kappa shape index (κ1) is 17.8. The van der Waals surface area contributed by atoms with Gasteiger partial charge in [0.15, 0.2) is 0 Å². The molecule has 3 rings (SSSR count). The second kappa shape index (κ2) is 7.47. The highest BCUT2D eigenvalue weighted by molar-refractivity contribution is 9.10. The Labute approximate surface area is 153 Å². The molecular formula is C16H21BrN4O4. The molecule has 0 radical (unpaired) electrons. The lowest BCUT2D eigenvalue weighted by Crippen LogP contribution is -2.47. The van der Waals surface area contributed by atoms with Crippen LogP contribution in [0.5, 0.6) is 5.75 Å². The van der Waals surface area contributed by atoms with Crippen LogP contribution < -0.4 is 20.9 Å². The smallest absolute Gasteiger partial charge is 0.325 e. The van der Waals surface area contributed by atoms with E-state index < -0.39 is 0 Å². The SMILES string of the molecule is Cn1cc(Br)c(OC2CCC(NC(=O)N3CCNC3=O)CC2)cc1=O. The monoisotopic (exact) mass is 412 g/mol. The normalized spacial score (nSPS) is 23.3. The fraction of sp³-hybridized carbons (Fsp3) is 0.562. The number of amides is 4. The molecule has 9 heteroatoms. The van der Waals surface area contributed by atoms with Gasteiger partial charge in [0.2, 0.25) is 0 Å². The van der Waals surface area contributed by atoms with E-state index in [4.69, 9.17) is 4.74 Å². The lowest BCUT2D eigenvalue weighted by molar-refractivity contribution is 0.136. The maximum atomic E-state index is 12.1. The first-order valence-electron chi connectivity index (χ1n) is 8.32. The fourth-order valence-electron chi connectivity index (χ4n) is 3.09. The van der Waals surface area contributed by atoms with Crippen molar-refractivity contribution in [2.45, 2.75) is 37.8 Å². The predicted molar refractivity (Wildman–Crippen MR) is 94.7 cm³/mol. The Kier molecular flexibility index (Phi) is 5.31. The van der Waals surface area contributed by atoms with Crippen molar-refractivity contribution in [3.05, 3.63) is 27.1 Å². The molecule has 1 aliphatic carbocycles. The van der Waals surface area contributed by atoms with Crippen molar-refractivity contribution < 1.29 is 14.3 Å². The van der Waals surface area contributed by atoms with Gasteiger partial charge in [-0.3, -0.25) is 4.79 Å². The van der Waals surface area contributed by atoms with Crippen molar-refractivity contribution in [2.75, 3.05) is 13.1 Å². The standard InChI is InChI=1S/C16H21BrN4O4/c1-20-9-12(17)13(8-14(20)22)25-11-4-2-10(3-5-11)19-16(24)21-7-6-18-15(21)23/h8-11H,2-7H2,1H3,(H,18,23)(H,19,24). The van der Waals surface area contributed by atoms with E-state index in [-0.39, 0.29) is 29.8 Å². The van der Waals surface area contributed by atoms with Gasteiger partial charge in [0, 0.05) is 38.4 Å². The van der Waals surface area contributed by atoms with Crippen LogP contribution in [-0.4, -0.2) is 46.8 Å². The zero-order valence-corrected chi connectivity index (χ0v) is 15.5. The molecule has 1 saturated heterocycles. The molecule has 0 unspecified atom stereocenters. The Morgan fingerprint density at radius 3 is 2.68 bits per heavy atom. The van der Waals surface area contributed by atoms with Gasteiger partial charge in [-0.15, -0.1) is 0 Å². The minimum atomic E-state index is -0.343. The molecule has 136 valence electrons. The average Bonchev–Trinajstić information content (AvgIpc) is 3.00. The van der Waals surface area contributed by atoms with E-state index in [1.54, 1.807) is 13.2 Å². The van der Waals surface area contributed by atoms with Crippen LogP contribution in [0.2, 0.25) is 0 Å². The third kappa shape index (κ3) is 4.15. The molecule has 0 atom stereocenters. The molecule has 2 N–H and O–H groups in total. The van der Waals surface area contributed by atoms with Gasteiger partial charge in [-0.2, -0.15) is 0 Å². The molecule has 2 fully saturated rings. The number of rotatable bonds is 3. The Morgan fingerprint density at radius 1 is 1.32 bits per heavy atom. The number of pyridine rings is 1. The van der Waals surface area contributed by atoms with E-state index in [0.29, 0.717) is 18.8 Å². The van der Waals surface area contributed by atoms with Gasteiger partial charge in [-0.1, -0.05) is 0 Å². The summed E-state index contributed by atoms with van der Waals surface area (Å²) < 4.78 is 8.17. The van der Waals surface area contributed by atoms with Crippen LogP contribution in [0.3, 0.4) is 0 Å². The maximum Gasteiger partial charge on any atom is 0.325 e. The lowest BCUT2D eigenvalue weighted by Gasteiger charge is -2.30. The summed E-state index contributed by atoms with van der Waals surface area (Å²) in [7, 11) is 1.69. The van der Waals surface area contributed by atoms with Crippen molar-refractivity contribution >= 4 is 28.0 Å². The van der Waals surface area contributed by atoms with Crippen molar-refractivity contribution in [3.8, 4) is 5.75 Å². The van der Waals surface area contributed by atoms with Gasteiger partial charge in [0.1, 0.15) is 5.75 Å². The number of hydrogen-bond donors (Lipinski definition) is 2. The highest BCUT2D eigenvalue weighted by atomic mass is 79.9. The van der Waals surface area contributed by atoms with Gasteiger partial charge in [0.05, 0.1) is 10.6 Å². The summed E-state index contributed by atoms with van der Waals surface area (Å²) in [5.41, 5.74) is -0.122. The van der Waals surface area contributed by atoms with Crippen LogP contribution in [0.1, 0.15) is 25.7 Å². The molecule has 0 bridgehead atoms. The van der Waals surface area contributed by atoms with Crippen molar-refractivity contribution in [3.63, 3.8) is 0 Å². The van der Waals surface area contributed by atoms with Gasteiger partial charge in [-0.25, -0.2) is 14.5 Å². The summed E-state index contributed by atoms with van der Waals surface area (Å²) >= 11 is 3.41. The van der Waals surface area contributed by atoms with Crippen LogP contribution in [0.25, 0.3) is 0 Å². The summed E-state index contributed by atoms with van der Waals surface area (Å²) in [4.78, 5) is 36.5. The second-order valence-corrected chi connectivity index (χ2v) is 7.21. The largest absolute Gasteiger partial charge is 0.489 e. The number of halogens is 1. The molecule has 1 aromatic heterocycles. The number of aromatic nitrogens is 1. The molecule has 1 saturated carbocycles. The number of ether oxygens (including phenoxy) is 1. The summed E-state index contributed by atoms with van der Waals surface area (Å²) in [5, 5.41) is 5.52. The van der Waals surface area contributed by atoms with E-state index in [1.807, 2.05) is 0 Å². The number of nitrogens with zero attached hydrogens (tertiary/aromatic N) is 2. The van der Waals surface area contributed by atoms with Crippen LogP contribution in [0.4, 0.5) is 9.59 Å². The van der Waals surface area contributed by atoms with Gasteiger partial charge >= 0.3 is 12.1 Å². The number of aryl methyl sites for hydroxylation is 1. The first-order valence-corrected chi connectivity index (χ1v) is 9.12. The van der Waals surface area contributed by atoms with Crippen molar-refractivity contribution in [1.29, 1.82) is 0 Å². The maximum absolute atomic E-state index is 12.1. The van der Waals surface area contributed by atoms with Crippen LogP contribution >= 0.6 is 15.9 Å². The zero-order chi connectivity index (χ0) is 18.0. The van der Waals surface area contributed by atoms with E-state index in [0.717, 1.165) is 30.2 Å². The third-order valence-electron chi connectivity index (χ3n) is 4.54. The number of imide groups is 1. The topological polar surface area (TPSA) is 92.7 Å². The molecule has 1 aliphatic heterocycles. The van der Waals surface area contributed by atoms with Crippen LogP contribution in [-0.2, 0) is 7.05 Å². The second-order valence-electron chi connectivity index (χ2n) is 6.36. The number of carbonyl (C=O) groups is 2. The van der Waals surface area contributed by atoms with Gasteiger partial charge < -0.3 is 19.9 Å². The Bertz CT molecular complexity index is 727. The van der Waals surface area contributed by atoms with E-state index in [2.05, 4.69) is 26.6 Å². The molecule has 8 nitrogen and oxygen atoms in total. The van der Waals surface area contributed by atoms with Gasteiger partial charge in [-0.05, 0) is 41.6 Å². The van der Waals surface area contributed by atoms with Crippen molar-refractivity contribution in [1.82, 2.24) is 20.1 Å². The van der Waals surface area contributed by atoms with Crippen LogP contribution in [0, 0.1) is 0 Å². The number of carbonyl (C=O) groups excluding carboxylic acids is 2. The minimum absolute atomic E-state index is 0.00615. The van der Waals surface area contributed by atoms with Gasteiger partial charge in [0.25, 0.3) is 5.56 Å². The molecule has 2 aliphatic rings. The van der Waals surface area contributed by atoms with E-state index >= 15 is 0 Å². The fourth-order valence-corrected chi connectivity index (χ4v) is 3.61. The Balaban J connectivity index is 1.50. The Morgan fingerprint density at radius 2 is 2.04 bits per heavy atom. The van der Waals surface area contributed by atoms with Crippen molar-refractivity contribution in [2.24, 2.45) is 7.05 Å². The number of hydrogen-bond acceptors (Lipinski definition) is 4. The molecule has 0 aromatic carbocycles. The third-order valence-corrected chi connectivity index (χ3v) is 5.14. The minimum Gasteiger partial charge on any atom is -0.489 e. The quantitative estimate of drug-likeness (QED) is 0.787. The number of nitrogens with one attached hydrogen (secondary N) is 2. The van der Waals surface area contributed by atoms with Crippen LogP contribution in [0.15, 0.2) is 21.5 Å². The summed E-state index contributed by atoms with van der Waals surface area (Å²) in [6, 6.07) is 0.829. The molecule has 25 heavy (non-hydrogen) atoms. The zero-order valence-electron chi connectivity index (χ0n) is 14.0. The molecular weight excluding hydrogens is 392 g/mol. The highest BCUT2D eigenvalue weighted by Crippen LogP contribution is 2.28. The molecule has 0 spiro atoms. The molecule has 4 amide bonds. The highest BCUT2D eigenvalue weighted by Gasteiger charge is 2.30. The van der Waals surface area contributed by atoms with E-state index in [1.165, 1.54) is 15.5 Å². The number of urea groups is 2. The molecule has 1 aromatic rings. The Hall–Kier alpha value is -2.03. The average molecular weight is 413 g/mol. The summed E-state index contributed by atoms with van der Waals surface area (Å²) in [6.07, 6.45) is 4.79. The predicted octanol–water partition coefficient (Wildman–Crippen LogP) is 1.57. The van der Waals surface area contributed by atoms with E-state index in [9.17, 15) is 14.4 Å². The first-order chi connectivity index (χ1) is 11.9. The summed E-state index contributed by atoms with van der Waals surface area (Å²) in [6.45, 7) is 0.901. The summed E-state index contributed by atoms with van der Waals surface area (Å²) in [5.74, 6) is 0.546. The molecule has 2 heterocycles.